The first kappa shape index (κ1) is 22.0. The molecule has 2 aliphatic rings. The summed E-state index contributed by atoms with van der Waals surface area (Å²) in [6, 6.07) is 8.93. The molecule has 1 atom stereocenters. The molecule has 4 rings (SSSR count). The van der Waals surface area contributed by atoms with Gasteiger partial charge in [0.05, 0.1) is 11.9 Å². The molecule has 31 heavy (non-hydrogen) atoms. The Morgan fingerprint density at radius 2 is 2.03 bits per heavy atom. The van der Waals surface area contributed by atoms with Gasteiger partial charge in [-0.05, 0) is 88.5 Å². The van der Waals surface area contributed by atoms with E-state index in [1.54, 1.807) is 0 Å². The third-order valence-electron chi connectivity index (χ3n) is 7.07. The Balaban J connectivity index is 1.16. The summed E-state index contributed by atoms with van der Waals surface area (Å²) in [6.07, 6.45) is 12.4. The minimum absolute atomic E-state index is 0.236. The van der Waals surface area contributed by atoms with E-state index in [1.807, 2.05) is 18.5 Å². The number of rotatable bonds is 9. The summed E-state index contributed by atoms with van der Waals surface area (Å²) in [5.74, 6) is 0.908. The molecule has 2 aliphatic heterocycles. The fourth-order valence-electron chi connectivity index (χ4n) is 5.15. The number of likely N-dealkylation sites (tertiary alicyclic amines) is 2. The summed E-state index contributed by atoms with van der Waals surface area (Å²) in [4.78, 5) is 21.6. The number of aromatic nitrogens is 2. The SMILES string of the molecule is CCN1CCC[C@H]1CNC(=O)CCC1CCN(Cc2cccn2-c2cccnc2)CC1. The van der Waals surface area contributed by atoms with Crippen LogP contribution in [0.2, 0.25) is 0 Å². The second kappa shape index (κ2) is 10.9. The van der Waals surface area contributed by atoms with Gasteiger partial charge in [0.1, 0.15) is 0 Å². The van der Waals surface area contributed by atoms with Crippen LogP contribution in [0, 0.1) is 5.92 Å². The lowest BCUT2D eigenvalue weighted by atomic mass is 9.92. The van der Waals surface area contributed by atoms with Crippen LogP contribution in [-0.2, 0) is 11.3 Å². The molecule has 6 nitrogen and oxygen atoms in total. The van der Waals surface area contributed by atoms with E-state index in [0.29, 0.717) is 18.4 Å². The van der Waals surface area contributed by atoms with Crippen LogP contribution in [0.3, 0.4) is 0 Å². The summed E-state index contributed by atoms with van der Waals surface area (Å²) in [7, 11) is 0. The van der Waals surface area contributed by atoms with Crippen LogP contribution >= 0.6 is 0 Å². The summed E-state index contributed by atoms with van der Waals surface area (Å²) in [6.45, 7) is 8.49. The lowest BCUT2D eigenvalue weighted by molar-refractivity contribution is -0.121. The molecule has 0 radical (unpaired) electrons. The van der Waals surface area contributed by atoms with Gasteiger partial charge in [-0.25, -0.2) is 0 Å². The number of pyridine rings is 1. The van der Waals surface area contributed by atoms with Crippen molar-refractivity contribution >= 4 is 5.91 Å². The normalized spacial score (nSPS) is 20.9. The fourth-order valence-corrected chi connectivity index (χ4v) is 5.15. The summed E-state index contributed by atoms with van der Waals surface area (Å²) in [5.41, 5.74) is 2.42. The van der Waals surface area contributed by atoms with Crippen LogP contribution in [-0.4, -0.2) is 64.0 Å². The van der Waals surface area contributed by atoms with Crippen LogP contribution in [0.4, 0.5) is 0 Å². The number of nitrogens with one attached hydrogen (secondary N) is 1. The Morgan fingerprint density at radius 1 is 1.16 bits per heavy atom. The number of piperidine rings is 1. The standard InChI is InChI=1S/C25H37N5O/c1-2-29-14-4-7-22(29)19-27-25(31)10-9-21-11-16-28(17-12-21)20-24-8-5-15-30(24)23-6-3-13-26-18-23/h3,5-6,8,13,15,18,21-22H,2,4,7,9-12,14,16-17,19-20H2,1H3,(H,27,31)/t22-/m0/s1. The number of nitrogens with zero attached hydrogens (tertiary/aromatic N) is 4. The lowest BCUT2D eigenvalue weighted by Crippen LogP contribution is -2.40. The maximum absolute atomic E-state index is 12.3. The number of carbonyl (C=O) groups excluding carboxylic acids is 1. The van der Waals surface area contributed by atoms with Crippen molar-refractivity contribution in [1.82, 2.24) is 24.7 Å². The van der Waals surface area contributed by atoms with E-state index in [1.165, 1.54) is 37.9 Å². The summed E-state index contributed by atoms with van der Waals surface area (Å²) in [5, 5.41) is 3.19. The topological polar surface area (TPSA) is 53.4 Å². The van der Waals surface area contributed by atoms with E-state index in [2.05, 4.69) is 56.0 Å². The highest BCUT2D eigenvalue weighted by atomic mass is 16.1. The molecule has 0 unspecified atom stereocenters. The minimum Gasteiger partial charge on any atom is -0.355 e. The van der Waals surface area contributed by atoms with Crippen molar-refractivity contribution in [3.05, 3.63) is 48.5 Å². The van der Waals surface area contributed by atoms with Gasteiger partial charge >= 0.3 is 0 Å². The average molecular weight is 424 g/mol. The number of carbonyl (C=O) groups is 1. The molecule has 0 aromatic carbocycles. The van der Waals surface area contributed by atoms with Crippen molar-refractivity contribution in [2.75, 3.05) is 32.7 Å². The maximum atomic E-state index is 12.3. The molecule has 1 amide bonds. The van der Waals surface area contributed by atoms with Gasteiger partial charge in [-0.2, -0.15) is 0 Å². The highest BCUT2D eigenvalue weighted by molar-refractivity contribution is 5.75. The van der Waals surface area contributed by atoms with E-state index < -0.39 is 0 Å². The molecule has 0 bridgehead atoms. The van der Waals surface area contributed by atoms with Gasteiger partial charge in [0, 0.05) is 43.6 Å². The number of hydrogen-bond acceptors (Lipinski definition) is 4. The van der Waals surface area contributed by atoms with Crippen LogP contribution in [0.15, 0.2) is 42.9 Å². The fraction of sp³-hybridized carbons (Fsp3) is 0.600. The monoisotopic (exact) mass is 423 g/mol. The Kier molecular flexibility index (Phi) is 7.76. The zero-order chi connectivity index (χ0) is 21.5. The highest BCUT2D eigenvalue weighted by Gasteiger charge is 2.24. The first-order valence-electron chi connectivity index (χ1n) is 12.0. The Bertz CT molecular complexity index is 812. The number of likely N-dealkylation sites (N-methyl/N-ethyl adjacent to an activating group) is 1. The molecule has 168 valence electrons. The zero-order valence-corrected chi connectivity index (χ0v) is 18.9. The van der Waals surface area contributed by atoms with E-state index in [9.17, 15) is 4.79 Å². The van der Waals surface area contributed by atoms with E-state index in [4.69, 9.17) is 0 Å². The van der Waals surface area contributed by atoms with Crippen LogP contribution in [0.1, 0.15) is 51.1 Å². The molecule has 0 aliphatic carbocycles. The molecule has 2 fully saturated rings. The molecule has 4 heterocycles. The van der Waals surface area contributed by atoms with E-state index >= 15 is 0 Å². The Labute approximate surface area is 186 Å². The first-order chi connectivity index (χ1) is 15.2. The molecule has 2 saturated heterocycles. The predicted molar refractivity (Wildman–Crippen MR) is 124 cm³/mol. The first-order valence-corrected chi connectivity index (χ1v) is 12.0. The average Bonchev–Trinajstić information content (AvgIpc) is 3.47. The summed E-state index contributed by atoms with van der Waals surface area (Å²) >= 11 is 0. The lowest BCUT2D eigenvalue weighted by Gasteiger charge is -2.32. The molecule has 6 heteroatoms. The molecule has 2 aromatic heterocycles. The maximum Gasteiger partial charge on any atom is 0.220 e. The van der Waals surface area contributed by atoms with Crippen molar-refractivity contribution < 1.29 is 4.79 Å². The van der Waals surface area contributed by atoms with Crippen molar-refractivity contribution in [2.45, 2.75) is 58.0 Å². The molecular weight excluding hydrogens is 386 g/mol. The third kappa shape index (κ3) is 5.95. The second-order valence-corrected chi connectivity index (χ2v) is 9.07. The second-order valence-electron chi connectivity index (χ2n) is 9.07. The molecule has 0 saturated carbocycles. The van der Waals surface area contributed by atoms with Gasteiger partial charge in [0.25, 0.3) is 0 Å². The van der Waals surface area contributed by atoms with Gasteiger partial charge in [0.2, 0.25) is 5.91 Å². The third-order valence-corrected chi connectivity index (χ3v) is 7.07. The van der Waals surface area contributed by atoms with E-state index in [0.717, 1.165) is 44.8 Å². The van der Waals surface area contributed by atoms with Crippen LogP contribution in [0.25, 0.3) is 5.69 Å². The quantitative estimate of drug-likeness (QED) is 0.671. The van der Waals surface area contributed by atoms with Crippen LogP contribution < -0.4 is 5.32 Å². The zero-order valence-electron chi connectivity index (χ0n) is 18.9. The van der Waals surface area contributed by atoms with Gasteiger partial charge in [-0.15, -0.1) is 0 Å². The minimum atomic E-state index is 0.236. The smallest absolute Gasteiger partial charge is 0.220 e. The number of hydrogen-bond donors (Lipinski definition) is 1. The number of amides is 1. The highest BCUT2D eigenvalue weighted by Crippen LogP contribution is 2.24. The van der Waals surface area contributed by atoms with Gasteiger partial charge in [0.15, 0.2) is 0 Å². The predicted octanol–water partition coefficient (Wildman–Crippen LogP) is 3.47. The molecule has 1 N–H and O–H groups in total. The Hall–Kier alpha value is -2.18. The van der Waals surface area contributed by atoms with Crippen molar-refractivity contribution in [3.63, 3.8) is 0 Å². The van der Waals surface area contributed by atoms with Crippen molar-refractivity contribution in [2.24, 2.45) is 5.92 Å². The van der Waals surface area contributed by atoms with Crippen molar-refractivity contribution in [1.29, 1.82) is 0 Å². The van der Waals surface area contributed by atoms with Crippen molar-refractivity contribution in [3.8, 4) is 5.69 Å². The summed E-state index contributed by atoms with van der Waals surface area (Å²) < 4.78 is 2.23. The largest absolute Gasteiger partial charge is 0.355 e. The van der Waals surface area contributed by atoms with E-state index in [-0.39, 0.29) is 5.91 Å². The van der Waals surface area contributed by atoms with Gasteiger partial charge in [-0.3, -0.25) is 19.6 Å². The molecule has 2 aromatic rings. The van der Waals surface area contributed by atoms with Crippen LogP contribution in [0.5, 0.6) is 0 Å². The van der Waals surface area contributed by atoms with Gasteiger partial charge in [-0.1, -0.05) is 6.92 Å². The molecular formula is C25H37N5O. The molecule has 0 spiro atoms. The Morgan fingerprint density at radius 3 is 2.81 bits per heavy atom. The van der Waals surface area contributed by atoms with Gasteiger partial charge < -0.3 is 9.88 Å².